The first-order valence-electron chi connectivity index (χ1n) is 8.92. The predicted molar refractivity (Wildman–Crippen MR) is 102 cm³/mol. The summed E-state index contributed by atoms with van der Waals surface area (Å²) in [7, 11) is 1.38. The quantitative estimate of drug-likeness (QED) is 0.626. The molecular weight excluding hydrogens is 352 g/mol. The third-order valence-corrected chi connectivity index (χ3v) is 7.22. The first kappa shape index (κ1) is 19.1. The van der Waals surface area contributed by atoms with E-state index in [1.54, 1.807) is 33.3 Å². The molecule has 2 fully saturated rings. The van der Waals surface area contributed by atoms with Gasteiger partial charge in [0.25, 0.3) is 0 Å². The maximum Gasteiger partial charge on any atom is 0.242 e. The highest BCUT2D eigenvalue weighted by molar-refractivity contribution is 7.89. The number of ether oxygens (including phenoxy) is 1. The third-order valence-electron chi connectivity index (χ3n) is 5.30. The number of nitrogens with one attached hydrogen (secondary N) is 1. The van der Waals surface area contributed by atoms with Gasteiger partial charge in [-0.3, -0.25) is 4.99 Å². The van der Waals surface area contributed by atoms with E-state index in [4.69, 9.17) is 4.74 Å². The minimum Gasteiger partial charge on any atom is -0.381 e. The molecule has 1 aromatic rings. The van der Waals surface area contributed by atoms with Crippen LogP contribution in [-0.2, 0) is 21.3 Å². The molecule has 2 saturated heterocycles. The molecule has 0 aromatic heterocycles. The summed E-state index contributed by atoms with van der Waals surface area (Å²) in [6.45, 7) is 3.96. The minimum atomic E-state index is -3.48. The lowest BCUT2D eigenvalue weighted by Crippen LogP contribution is -2.41. The summed E-state index contributed by atoms with van der Waals surface area (Å²) in [5.41, 5.74) is 0.990. The normalized spacial score (nSPS) is 24.0. The van der Waals surface area contributed by atoms with E-state index >= 15 is 0 Å². The number of guanidine groups is 1. The van der Waals surface area contributed by atoms with Crippen molar-refractivity contribution in [2.45, 2.75) is 24.3 Å². The van der Waals surface area contributed by atoms with Crippen molar-refractivity contribution >= 4 is 16.0 Å². The molecule has 1 aromatic carbocycles. The predicted octanol–water partition coefficient (Wildman–Crippen LogP) is 1.12. The molecule has 2 aliphatic rings. The van der Waals surface area contributed by atoms with Crippen molar-refractivity contribution in [1.82, 2.24) is 14.5 Å². The second-order valence-electron chi connectivity index (χ2n) is 7.27. The van der Waals surface area contributed by atoms with Gasteiger partial charge in [0.2, 0.25) is 10.0 Å². The van der Waals surface area contributed by atoms with Crippen molar-refractivity contribution in [3.05, 3.63) is 29.8 Å². The Kier molecular flexibility index (Phi) is 5.55. The molecule has 8 heteroatoms. The van der Waals surface area contributed by atoms with Gasteiger partial charge >= 0.3 is 0 Å². The SMILES string of the molecule is CN=C(NCc1ccccc1S(=O)(=O)N(C)C)N1CCC2(CCOC2)C1. The van der Waals surface area contributed by atoms with Crippen LogP contribution in [-0.4, -0.2) is 71.0 Å². The van der Waals surface area contributed by atoms with Gasteiger partial charge in [-0.25, -0.2) is 12.7 Å². The zero-order chi connectivity index (χ0) is 18.8. The van der Waals surface area contributed by atoms with E-state index in [-0.39, 0.29) is 5.41 Å². The van der Waals surface area contributed by atoms with E-state index in [0.717, 1.165) is 50.7 Å². The first-order chi connectivity index (χ1) is 12.4. The highest BCUT2D eigenvalue weighted by Gasteiger charge is 2.42. The van der Waals surface area contributed by atoms with Crippen LogP contribution in [0.2, 0.25) is 0 Å². The van der Waals surface area contributed by atoms with Crippen LogP contribution in [0.15, 0.2) is 34.2 Å². The summed E-state index contributed by atoms with van der Waals surface area (Å²) in [4.78, 5) is 6.97. The van der Waals surface area contributed by atoms with Crippen LogP contribution in [0.1, 0.15) is 18.4 Å². The van der Waals surface area contributed by atoms with E-state index in [9.17, 15) is 8.42 Å². The summed E-state index contributed by atoms with van der Waals surface area (Å²) >= 11 is 0. The lowest BCUT2D eigenvalue weighted by Gasteiger charge is -2.25. The van der Waals surface area contributed by atoms with E-state index in [2.05, 4.69) is 15.2 Å². The zero-order valence-corrected chi connectivity index (χ0v) is 16.6. The van der Waals surface area contributed by atoms with Crippen LogP contribution < -0.4 is 5.32 Å². The summed E-state index contributed by atoms with van der Waals surface area (Å²) in [5, 5.41) is 3.34. The Bertz CT molecular complexity index is 770. The van der Waals surface area contributed by atoms with Crippen molar-refractivity contribution in [2.24, 2.45) is 10.4 Å². The van der Waals surface area contributed by atoms with E-state index < -0.39 is 10.0 Å². The van der Waals surface area contributed by atoms with Gasteiger partial charge in [0, 0.05) is 52.8 Å². The van der Waals surface area contributed by atoms with Crippen LogP contribution >= 0.6 is 0 Å². The van der Waals surface area contributed by atoms with Gasteiger partial charge < -0.3 is 15.0 Å². The molecule has 1 atom stereocenters. The van der Waals surface area contributed by atoms with E-state index in [1.165, 1.54) is 4.31 Å². The maximum absolute atomic E-state index is 12.5. The molecule has 3 rings (SSSR count). The highest BCUT2D eigenvalue weighted by atomic mass is 32.2. The molecule has 1 N–H and O–H groups in total. The first-order valence-corrected chi connectivity index (χ1v) is 10.4. The van der Waals surface area contributed by atoms with Crippen LogP contribution in [0.5, 0.6) is 0 Å². The molecule has 0 radical (unpaired) electrons. The molecule has 2 aliphatic heterocycles. The number of hydrogen-bond acceptors (Lipinski definition) is 4. The standard InChI is InChI=1S/C18H28N4O3S/c1-19-17(22-10-8-18(13-22)9-11-25-14-18)20-12-15-6-4-5-7-16(15)26(23,24)21(2)3/h4-7H,8-14H2,1-3H3,(H,19,20). The minimum absolute atomic E-state index is 0.254. The lowest BCUT2D eigenvalue weighted by atomic mass is 9.87. The molecule has 7 nitrogen and oxygen atoms in total. The van der Waals surface area contributed by atoms with Gasteiger partial charge in [0.05, 0.1) is 11.5 Å². The van der Waals surface area contributed by atoms with Gasteiger partial charge in [0.15, 0.2) is 5.96 Å². The number of rotatable bonds is 4. The Morgan fingerprint density at radius 3 is 2.77 bits per heavy atom. The lowest BCUT2D eigenvalue weighted by molar-refractivity contribution is 0.156. The Morgan fingerprint density at radius 1 is 1.35 bits per heavy atom. The smallest absolute Gasteiger partial charge is 0.242 e. The van der Waals surface area contributed by atoms with Crippen molar-refractivity contribution in [3.63, 3.8) is 0 Å². The summed E-state index contributed by atoms with van der Waals surface area (Å²) in [5.74, 6) is 0.811. The summed E-state index contributed by atoms with van der Waals surface area (Å²) < 4.78 is 31.9. The van der Waals surface area contributed by atoms with Gasteiger partial charge in [-0.15, -0.1) is 0 Å². The fourth-order valence-corrected chi connectivity index (χ4v) is 4.81. The molecule has 1 spiro atoms. The van der Waals surface area contributed by atoms with Gasteiger partial charge in [0.1, 0.15) is 0 Å². The average molecular weight is 381 g/mol. The average Bonchev–Trinajstić information content (AvgIpc) is 3.26. The van der Waals surface area contributed by atoms with Crippen LogP contribution in [0, 0.1) is 5.41 Å². The molecule has 0 bridgehead atoms. The molecule has 1 unspecified atom stereocenters. The molecular formula is C18H28N4O3S. The number of likely N-dealkylation sites (tertiary alicyclic amines) is 1. The van der Waals surface area contributed by atoms with Crippen LogP contribution in [0.4, 0.5) is 0 Å². The monoisotopic (exact) mass is 380 g/mol. The number of benzene rings is 1. The number of nitrogens with zero attached hydrogens (tertiary/aromatic N) is 3. The number of hydrogen-bond donors (Lipinski definition) is 1. The number of sulfonamides is 1. The Hall–Kier alpha value is -1.64. The maximum atomic E-state index is 12.5. The second-order valence-corrected chi connectivity index (χ2v) is 9.39. The summed E-state index contributed by atoms with van der Waals surface area (Å²) in [6.07, 6.45) is 2.21. The fourth-order valence-electron chi connectivity index (χ4n) is 3.69. The van der Waals surface area contributed by atoms with E-state index in [0.29, 0.717) is 11.4 Å². The molecule has 0 aliphatic carbocycles. The molecule has 0 amide bonds. The molecule has 2 heterocycles. The second kappa shape index (κ2) is 7.54. The van der Waals surface area contributed by atoms with Crippen molar-refractivity contribution in [3.8, 4) is 0 Å². The zero-order valence-electron chi connectivity index (χ0n) is 15.7. The van der Waals surface area contributed by atoms with Gasteiger partial charge in [-0.2, -0.15) is 0 Å². The molecule has 0 saturated carbocycles. The van der Waals surface area contributed by atoms with Crippen LogP contribution in [0.3, 0.4) is 0 Å². The Balaban J connectivity index is 1.71. The van der Waals surface area contributed by atoms with Crippen molar-refractivity contribution in [1.29, 1.82) is 0 Å². The fraction of sp³-hybridized carbons (Fsp3) is 0.611. The molecule has 144 valence electrons. The van der Waals surface area contributed by atoms with Crippen molar-refractivity contribution in [2.75, 3.05) is 47.4 Å². The Labute approximate surface area is 156 Å². The molecule has 26 heavy (non-hydrogen) atoms. The third kappa shape index (κ3) is 3.72. The van der Waals surface area contributed by atoms with Crippen LogP contribution in [0.25, 0.3) is 0 Å². The largest absolute Gasteiger partial charge is 0.381 e. The van der Waals surface area contributed by atoms with Crippen molar-refractivity contribution < 1.29 is 13.2 Å². The summed E-state index contributed by atoms with van der Waals surface area (Å²) in [6, 6.07) is 7.09. The highest BCUT2D eigenvalue weighted by Crippen LogP contribution is 2.38. The number of aliphatic imine (C=N–C) groups is 1. The van der Waals surface area contributed by atoms with E-state index in [1.807, 2.05) is 12.1 Å². The van der Waals surface area contributed by atoms with Gasteiger partial charge in [-0.1, -0.05) is 18.2 Å². The Morgan fingerprint density at radius 2 is 2.12 bits per heavy atom. The van der Waals surface area contributed by atoms with Gasteiger partial charge in [-0.05, 0) is 24.5 Å². The topological polar surface area (TPSA) is 74.2 Å².